The Morgan fingerprint density at radius 2 is 1.72 bits per heavy atom. The van der Waals surface area contributed by atoms with Crippen LogP contribution in [0.3, 0.4) is 0 Å². The van der Waals surface area contributed by atoms with Gasteiger partial charge in [0, 0.05) is 17.4 Å². The molecule has 0 radical (unpaired) electrons. The molecule has 0 spiro atoms. The highest BCUT2D eigenvalue weighted by Gasteiger charge is 2.30. The number of rotatable bonds is 6. The number of nitro groups is 1. The first-order valence-electron chi connectivity index (χ1n) is 6.93. The second kappa shape index (κ2) is 7.56. The number of aliphatic carboxylic acids is 1. The molecule has 0 fully saturated rings. The van der Waals surface area contributed by atoms with Gasteiger partial charge in [-0.05, 0) is 35.4 Å². The number of nitrogens with zero attached hydrogens (tertiary/aromatic N) is 1. The number of carboxylic acids is 1. The van der Waals surface area contributed by atoms with Crippen LogP contribution >= 0.6 is 11.8 Å². The van der Waals surface area contributed by atoms with Crippen molar-refractivity contribution in [1.82, 2.24) is 0 Å². The molecule has 0 heterocycles. The maximum Gasteiger partial charge on any atom is 0.416 e. The zero-order chi connectivity index (χ0) is 18.6. The van der Waals surface area contributed by atoms with Gasteiger partial charge in [-0.15, -0.1) is 11.8 Å². The molecule has 9 heteroatoms. The van der Waals surface area contributed by atoms with E-state index in [1.807, 2.05) is 0 Å². The van der Waals surface area contributed by atoms with Crippen LogP contribution in [0.5, 0.6) is 0 Å². The molecule has 0 unspecified atom stereocenters. The number of hydrogen-bond donors (Lipinski definition) is 1. The Morgan fingerprint density at radius 3 is 2.24 bits per heavy atom. The van der Waals surface area contributed by atoms with E-state index in [1.165, 1.54) is 30.3 Å². The molecule has 1 N–H and O–H groups in total. The van der Waals surface area contributed by atoms with Crippen LogP contribution in [0.25, 0.3) is 11.1 Å². The Labute approximate surface area is 144 Å². The fourth-order valence-electron chi connectivity index (χ4n) is 2.16. The van der Waals surface area contributed by atoms with Gasteiger partial charge >= 0.3 is 12.1 Å². The number of nitro benzene ring substituents is 1. The van der Waals surface area contributed by atoms with Crippen molar-refractivity contribution in [3.63, 3.8) is 0 Å². The standard InChI is InChI=1S/C16H12F3NO4S/c17-16(18,19)13-4-1-10(2-5-13)11-3-6-14(20(23)24)12(7-11)8-25-9-15(21)22/h1-7H,8-9H2,(H,21,22). The molecule has 25 heavy (non-hydrogen) atoms. The van der Waals surface area contributed by atoms with Crippen LogP contribution in [-0.2, 0) is 16.7 Å². The van der Waals surface area contributed by atoms with E-state index in [4.69, 9.17) is 5.11 Å². The number of halogens is 3. The summed E-state index contributed by atoms with van der Waals surface area (Å²) in [5, 5.41) is 19.7. The van der Waals surface area contributed by atoms with Gasteiger partial charge in [0.25, 0.3) is 5.69 Å². The van der Waals surface area contributed by atoms with Crippen molar-refractivity contribution in [2.24, 2.45) is 0 Å². The zero-order valence-electron chi connectivity index (χ0n) is 12.6. The summed E-state index contributed by atoms with van der Waals surface area (Å²) < 4.78 is 37.8. The van der Waals surface area contributed by atoms with E-state index >= 15 is 0 Å². The molecule has 0 aromatic heterocycles. The van der Waals surface area contributed by atoms with Crippen LogP contribution in [0.15, 0.2) is 42.5 Å². The number of carboxylic acid groups (broad SMARTS) is 1. The molecular weight excluding hydrogens is 359 g/mol. The summed E-state index contributed by atoms with van der Waals surface area (Å²) in [6.07, 6.45) is -4.44. The van der Waals surface area contributed by atoms with Crippen molar-refractivity contribution < 1.29 is 28.0 Å². The summed E-state index contributed by atoms with van der Waals surface area (Å²) in [4.78, 5) is 21.1. The van der Waals surface area contributed by atoms with Gasteiger partial charge in [0.05, 0.1) is 16.2 Å². The largest absolute Gasteiger partial charge is 0.481 e. The minimum absolute atomic E-state index is 0.108. The monoisotopic (exact) mass is 371 g/mol. The van der Waals surface area contributed by atoms with Crippen molar-refractivity contribution in [1.29, 1.82) is 0 Å². The van der Waals surface area contributed by atoms with Crippen LogP contribution in [0, 0.1) is 10.1 Å². The lowest BCUT2D eigenvalue weighted by Crippen LogP contribution is -2.04. The van der Waals surface area contributed by atoms with E-state index in [9.17, 15) is 28.1 Å². The van der Waals surface area contributed by atoms with Crippen LogP contribution in [0.2, 0.25) is 0 Å². The van der Waals surface area contributed by atoms with Crippen LogP contribution in [0.1, 0.15) is 11.1 Å². The van der Waals surface area contributed by atoms with E-state index in [2.05, 4.69) is 0 Å². The second-order valence-corrected chi connectivity index (χ2v) is 6.05. The summed E-state index contributed by atoms with van der Waals surface area (Å²) in [6, 6.07) is 8.67. The van der Waals surface area contributed by atoms with Gasteiger partial charge in [-0.25, -0.2) is 0 Å². The first-order chi connectivity index (χ1) is 11.7. The second-order valence-electron chi connectivity index (χ2n) is 5.06. The predicted molar refractivity (Wildman–Crippen MR) is 87.3 cm³/mol. The molecule has 0 aliphatic heterocycles. The molecule has 2 aromatic carbocycles. The van der Waals surface area contributed by atoms with Gasteiger partial charge in [-0.3, -0.25) is 14.9 Å². The Bertz CT molecular complexity index is 791. The summed E-state index contributed by atoms with van der Waals surface area (Å²) in [5.74, 6) is -1.13. The summed E-state index contributed by atoms with van der Waals surface area (Å²) in [5.41, 5.74) is 0.371. The highest BCUT2D eigenvalue weighted by Crippen LogP contribution is 2.33. The lowest BCUT2D eigenvalue weighted by atomic mass is 10.0. The van der Waals surface area contributed by atoms with Crippen molar-refractivity contribution in [2.75, 3.05) is 5.75 Å². The van der Waals surface area contributed by atoms with E-state index in [1.54, 1.807) is 0 Å². The van der Waals surface area contributed by atoms with Gasteiger partial charge in [-0.2, -0.15) is 13.2 Å². The van der Waals surface area contributed by atoms with E-state index in [0.29, 0.717) is 16.7 Å². The van der Waals surface area contributed by atoms with Crippen molar-refractivity contribution in [3.05, 3.63) is 63.7 Å². The molecule has 0 aliphatic rings. The lowest BCUT2D eigenvalue weighted by molar-refractivity contribution is -0.385. The van der Waals surface area contributed by atoms with E-state index in [-0.39, 0.29) is 17.2 Å². The fourth-order valence-corrected chi connectivity index (χ4v) is 2.89. The lowest BCUT2D eigenvalue weighted by Gasteiger charge is -2.09. The minimum atomic E-state index is -4.44. The first-order valence-corrected chi connectivity index (χ1v) is 8.08. The predicted octanol–water partition coefficient (Wildman–Crippen LogP) is 4.60. The van der Waals surface area contributed by atoms with Gasteiger partial charge in [0.15, 0.2) is 0 Å². The molecule has 2 rings (SSSR count). The van der Waals surface area contributed by atoms with Crippen molar-refractivity contribution in [3.8, 4) is 11.1 Å². The summed E-state index contributed by atoms with van der Waals surface area (Å²) in [6.45, 7) is 0. The van der Waals surface area contributed by atoms with Crippen LogP contribution in [0.4, 0.5) is 18.9 Å². The normalized spacial score (nSPS) is 11.3. The van der Waals surface area contributed by atoms with Crippen molar-refractivity contribution >= 4 is 23.4 Å². The van der Waals surface area contributed by atoms with E-state index in [0.717, 1.165) is 23.9 Å². The summed E-state index contributed by atoms with van der Waals surface area (Å²) >= 11 is 1.00. The Kier molecular flexibility index (Phi) is 5.68. The molecule has 2 aromatic rings. The third-order valence-corrected chi connectivity index (χ3v) is 4.27. The van der Waals surface area contributed by atoms with Gasteiger partial charge in [0.2, 0.25) is 0 Å². The molecule has 0 amide bonds. The Balaban J connectivity index is 2.32. The quantitative estimate of drug-likeness (QED) is 0.593. The maximum atomic E-state index is 12.6. The van der Waals surface area contributed by atoms with Crippen LogP contribution in [-0.4, -0.2) is 21.8 Å². The fraction of sp³-hybridized carbons (Fsp3) is 0.188. The van der Waals surface area contributed by atoms with Crippen LogP contribution < -0.4 is 0 Å². The van der Waals surface area contributed by atoms with Gasteiger partial charge in [-0.1, -0.05) is 12.1 Å². The Morgan fingerprint density at radius 1 is 1.12 bits per heavy atom. The highest BCUT2D eigenvalue weighted by atomic mass is 32.2. The maximum absolute atomic E-state index is 12.6. The minimum Gasteiger partial charge on any atom is -0.481 e. The molecule has 0 saturated carbocycles. The number of alkyl halides is 3. The molecule has 0 aliphatic carbocycles. The first kappa shape index (κ1) is 18.8. The third-order valence-electron chi connectivity index (χ3n) is 3.30. The number of hydrogen-bond acceptors (Lipinski definition) is 4. The molecule has 0 atom stereocenters. The molecule has 0 bridgehead atoms. The van der Waals surface area contributed by atoms with Crippen molar-refractivity contribution in [2.45, 2.75) is 11.9 Å². The topological polar surface area (TPSA) is 80.4 Å². The van der Waals surface area contributed by atoms with Gasteiger partial charge in [0.1, 0.15) is 0 Å². The number of carbonyl (C=O) groups is 1. The average molecular weight is 371 g/mol. The molecule has 0 saturated heterocycles. The molecule has 132 valence electrons. The SMILES string of the molecule is O=C(O)CSCc1cc(-c2ccc(C(F)(F)F)cc2)ccc1[N+](=O)[O-]. The van der Waals surface area contributed by atoms with Gasteiger partial charge < -0.3 is 5.11 Å². The van der Waals surface area contributed by atoms with E-state index < -0.39 is 22.6 Å². The zero-order valence-corrected chi connectivity index (χ0v) is 13.4. The average Bonchev–Trinajstić information content (AvgIpc) is 2.53. The molecular formula is C16H12F3NO4S. The number of benzene rings is 2. The third kappa shape index (κ3) is 4.96. The smallest absolute Gasteiger partial charge is 0.416 e. The molecule has 5 nitrogen and oxygen atoms in total. The Hall–Kier alpha value is -2.55. The summed E-state index contributed by atoms with van der Waals surface area (Å²) in [7, 11) is 0. The number of thioether (sulfide) groups is 1. The highest BCUT2D eigenvalue weighted by molar-refractivity contribution is 7.99.